The van der Waals surface area contributed by atoms with E-state index in [9.17, 15) is 4.79 Å². The van der Waals surface area contributed by atoms with Crippen molar-refractivity contribution in [3.63, 3.8) is 0 Å². The zero-order chi connectivity index (χ0) is 22.2. The summed E-state index contributed by atoms with van der Waals surface area (Å²) in [6.07, 6.45) is 0. The number of hydrogen-bond acceptors (Lipinski definition) is 6. The molecule has 1 aliphatic heterocycles. The summed E-state index contributed by atoms with van der Waals surface area (Å²) in [5.74, 6) is 2.80. The number of carbonyl (C=O) groups excluding carboxylic acids is 1. The molecule has 1 heterocycles. The summed E-state index contributed by atoms with van der Waals surface area (Å²) in [5, 5.41) is 0. The lowest BCUT2D eigenvalue weighted by Crippen LogP contribution is -2.06. The number of hydrogen-bond donors (Lipinski definition) is 0. The van der Waals surface area contributed by atoms with E-state index >= 15 is 0 Å². The monoisotopic (exact) mass is 432 g/mol. The molecule has 0 amide bonds. The molecule has 0 saturated heterocycles. The van der Waals surface area contributed by atoms with Crippen molar-refractivity contribution in [1.82, 2.24) is 0 Å². The van der Waals surface area contributed by atoms with Gasteiger partial charge in [0.2, 0.25) is 12.5 Å². The fourth-order valence-electron chi connectivity index (χ4n) is 4.68. The Labute approximate surface area is 186 Å². The Hall–Kier alpha value is -3.67. The van der Waals surface area contributed by atoms with Gasteiger partial charge in [-0.05, 0) is 35.4 Å². The molecule has 6 nitrogen and oxygen atoms in total. The topological polar surface area (TPSA) is 63.2 Å². The first kappa shape index (κ1) is 20.2. The maximum absolute atomic E-state index is 13.7. The van der Waals surface area contributed by atoms with E-state index in [2.05, 4.69) is 12.1 Å². The van der Waals surface area contributed by atoms with Crippen LogP contribution in [0.2, 0.25) is 0 Å². The highest BCUT2D eigenvalue weighted by Gasteiger charge is 2.56. The summed E-state index contributed by atoms with van der Waals surface area (Å²) in [7, 11) is 4.64. The van der Waals surface area contributed by atoms with Crippen molar-refractivity contribution < 1.29 is 28.5 Å². The van der Waals surface area contributed by atoms with E-state index in [1.807, 2.05) is 36.4 Å². The summed E-state index contributed by atoms with van der Waals surface area (Å²) < 4.78 is 27.3. The fourth-order valence-corrected chi connectivity index (χ4v) is 4.68. The smallest absolute Gasteiger partial charge is 0.231 e. The van der Waals surface area contributed by atoms with Gasteiger partial charge in [0.25, 0.3) is 0 Å². The molecule has 3 aromatic carbocycles. The van der Waals surface area contributed by atoms with E-state index in [1.165, 1.54) is 0 Å². The van der Waals surface area contributed by atoms with Gasteiger partial charge >= 0.3 is 0 Å². The molecule has 1 saturated carbocycles. The molecule has 0 radical (unpaired) electrons. The van der Waals surface area contributed by atoms with Crippen molar-refractivity contribution in [1.29, 1.82) is 0 Å². The number of fused-ring (bicyclic) bond motifs is 1. The van der Waals surface area contributed by atoms with Gasteiger partial charge in [-0.25, -0.2) is 0 Å². The minimum Gasteiger partial charge on any atom is -0.493 e. The summed E-state index contributed by atoms with van der Waals surface area (Å²) in [5.41, 5.74) is 2.74. The maximum atomic E-state index is 13.7. The summed E-state index contributed by atoms with van der Waals surface area (Å²) >= 11 is 0. The molecule has 0 bridgehead atoms. The van der Waals surface area contributed by atoms with E-state index in [4.69, 9.17) is 23.7 Å². The van der Waals surface area contributed by atoms with Gasteiger partial charge in [-0.1, -0.05) is 36.4 Å². The Morgan fingerprint density at radius 2 is 1.44 bits per heavy atom. The predicted molar refractivity (Wildman–Crippen MR) is 118 cm³/mol. The quantitative estimate of drug-likeness (QED) is 0.499. The van der Waals surface area contributed by atoms with Crippen molar-refractivity contribution >= 4 is 5.78 Å². The van der Waals surface area contributed by atoms with E-state index in [1.54, 1.807) is 33.5 Å². The fraction of sp³-hybridized carbons (Fsp3) is 0.269. The second-order valence-corrected chi connectivity index (χ2v) is 7.88. The van der Waals surface area contributed by atoms with Crippen molar-refractivity contribution in [3.8, 4) is 28.7 Å². The molecule has 0 aromatic heterocycles. The molecule has 6 heteroatoms. The lowest BCUT2D eigenvalue weighted by molar-refractivity contribution is 0.0962. The molecular formula is C26H24O6. The maximum Gasteiger partial charge on any atom is 0.231 e. The number of carbonyl (C=O) groups is 1. The van der Waals surface area contributed by atoms with Crippen molar-refractivity contribution in [2.75, 3.05) is 28.1 Å². The van der Waals surface area contributed by atoms with Crippen LogP contribution in [0, 0.1) is 5.92 Å². The summed E-state index contributed by atoms with van der Waals surface area (Å²) in [6.45, 7) is 0.222. The number of rotatable bonds is 7. The van der Waals surface area contributed by atoms with E-state index in [-0.39, 0.29) is 30.3 Å². The highest BCUT2D eigenvalue weighted by Crippen LogP contribution is 2.62. The summed E-state index contributed by atoms with van der Waals surface area (Å²) in [6, 6.07) is 19.5. The molecule has 2 aliphatic rings. The van der Waals surface area contributed by atoms with Crippen LogP contribution in [0.3, 0.4) is 0 Å². The molecule has 3 aromatic rings. The summed E-state index contributed by atoms with van der Waals surface area (Å²) in [4.78, 5) is 13.7. The molecule has 5 rings (SSSR count). The van der Waals surface area contributed by atoms with Gasteiger partial charge in [-0.15, -0.1) is 0 Å². The van der Waals surface area contributed by atoms with Crippen LogP contribution < -0.4 is 23.7 Å². The van der Waals surface area contributed by atoms with Crippen molar-refractivity contribution in [2.45, 2.75) is 11.8 Å². The zero-order valence-electron chi connectivity index (χ0n) is 18.2. The molecule has 3 atom stereocenters. The first-order chi connectivity index (χ1) is 15.7. The average Bonchev–Trinajstić information content (AvgIpc) is 3.42. The average molecular weight is 432 g/mol. The van der Waals surface area contributed by atoms with E-state index < -0.39 is 0 Å². The number of ether oxygens (including phenoxy) is 5. The van der Waals surface area contributed by atoms with Gasteiger partial charge in [-0.3, -0.25) is 4.79 Å². The second kappa shape index (κ2) is 8.11. The Morgan fingerprint density at radius 3 is 2.09 bits per heavy atom. The SMILES string of the molecule is COc1cc(C(=O)[C@@H]2[C@@H](c3ccccc3)[C@H]2c2ccc3c(c2)OCO3)cc(OC)c1OC. The van der Waals surface area contributed by atoms with Crippen LogP contribution >= 0.6 is 0 Å². The molecule has 1 fully saturated rings. The van der Waals surface area contributed by atoms with Crippen molar-refractivity contribution in [3.05, 3.63) is 77.4 Å². The molecular weight excluding hydrogens is 408 g/mol. The van der Waals surface area contributed by atoms with Crippen LogP contribution in [0.1, 0.15) is 33.3 Å². The Balaban J connectivity index is 1.54. The Kier molecular flexibility index (Phi) is 5.13. The highest BCUT2D eigenvalue weighted by molar-refractivity contribution is 6.02. The number of benzene rings is 3. The molecule has 0 unspecified atom stereocenters. The highest BCUT2D eigenvalue weighted by atomic mass is 16.7. The predicted octanol–water partition coefficient (Wildman–Crippen LogP) is 4.82. The third-order valence-electron chi connectivity index (χ3n) is 6.24. The van der Waals surface area contributed by atoms with Crippen LogP contribution in [0.25, 0.3) is 0 Å². The van der Waals surface area contributed by atoms with Crippen LogP contribution in [-0.2, 0) is 0 Å². The van der Waals surface area contributed by atoms with Crippen molar-refractivity contribution in [2.24, 2.45) is 5.92 Å². The van der Waals surface area contributed by atoms with E-state index in [0.717, 1.165) is 22.6 Å². The Bertz CT molecular complexity index is 1130. The largest absolute Gasteiger partial charge is 0.493 e. The minimum atomic E-state index is -0.208. The number of ketones is 1. The standard InChI is InChI=1S/C26H24O6/c1-28-20-12-17(13-21(29-2)26(20)30-3)25(27)24-22(15-7-5-4-6-8-15)23(24)16-9-10-18-19(11-16)32-14-31-18/h4-13,22-24H,14H2,1-3H3/t22-,23+,24+/m0/s1. The van der Waals surface area contributed by atoms with Gasteiger partial charge in [-0.2, -0.15) is 0 Å². The van der Waals surface area contributed by atoms with Gasteiger partial charge in [0, 0.05) is 23.3 Å². The normalized spacial score (nSPS) is 20.5. The third-order valence-corrected chi connectivity index (χ3v) is 6.24. The van der Waals surface area contributed by atoms with Gasteiger partial charge in [0.05, 0.1) is 21.3 Å². The third kappa shape index (κ3) is 3.32. The molecule has 1 aliphatic carbocycles. The second-order valence-electron chi connectivity index (χ2n) is 7.88. The lowest BCUT2D eigenvalue weighted by atomic mass is 10.0. The lowest BCUT2D eigenvalue weighted by Gasteiger charge is -2.13. The van der Waals surface area contributed by atoms with Crippen LogP contribution in [0.5, 0.6) is 28.7 Å². The van der Waals surface area contributed by atoms with Crippen LogP contribution in [0.4, 0.5) is 0 Å². The van der Waals surface area contributed by atoms with Gasteiger partial charge in [0.1, 0.15) is 0 Å². The zero-order valence-corrected chi connectivity index (χ0v) is 18.2. The van der Waals surface area contributed by atoms with Gasteiger partial charge < -0.3 is 23.7 Å². The first-order valence-electron chi connectivity index (χ1n) is 10.4. The first-order valence-corrected chi connectivity index (χ1v) is 10.4. The molecule has 0 N–H and O–H groups in total. The molecule has 164 valence electrons. The van der Waals surface area contributed by atoms with Crippen LogP contribution in [0.15, 0.2) is 60.7 Å². The molecule has 0 spiro atoms. The molecule has 32 heavy (non-hydrogen) atoms. The number of Topliss-reactive ketones (excluding diaryl/α,β-unsaturated/α-hetero) is 1. The van der Waals surface area contributed by atoms with E-state index in [0.29, 0.717) is 22.8 Å². The minimum absolute atomic E-state index is 0.0403. The van der Waals surface area contributed by atoms with Gasteiger partial charge in [0.15, 0.2) is 28.8 Å². The van der Waals surface area contributed by atoms with Crippen LogP contribution in [-0.4, -0.2) is 33.9 Å². The Morgan fingerprint density at radius 1 is 0.781 bits per heavy atom. The number of methoxy groups -OCH3 is 3.